The number of benzene rings is 1. The fourth-order valence-corrected chi connectivity index (χ4v) is 4.89. The molecule has 0 N–H and O–H groups in total. The Morgan fingerprint density at radius 1 is 1.10 bits per heavy atom. The average molecular weight is 565 g/mol. The second-order valence-corrected chi connectivity index (χ2v) is 11.0. The molecule has 5 rings (SSSR count). The number of methoxy groups -OCH3 is 1. The van der Waals surface area contributed by atoms with Gasteiger partial charge in [-0.25, -0.2) is 9.78 Å². The van der Waals surface area contributed by atoms with Gasteiger partial charge in [0.2, 0.25) is 5.88 Å². The van der Waals surface area contributed by atoms with Crippen molar-refractivity contribution < 1.29 is 33.3 Å². The van der Waals surface area contributed by atoms with Crippen molar-refractivity contribution in [3.63, 3.8) is 0 Å². The number of hydrogen-bond acceptors (Lipinski definition) is 10. The largest absolute Gasteiger partial charge is 0.486 e. The number of amides is 1. The van der Waals surface area contributed by atoms with Crippen LogP contribution in [0.4, 0.5) is 10.5 Å². The molecule has 11 heteroatoms. The number of ether oxygens (including phenoxy) is 5. The van der Waals surface area contributed by atoms with Gasteiger partial charge >= 0.3 is 12.1 Å². The zero-order valence-corrected chi connectivity index (χ0v) is 23.9. The zero-order chi connectivity index (χ0) is 29.0. The predicted octanol–water partition coefficient (Wildman–Crippen LogP) is 4.01. The van der Waals surface area contributed by atoms with Crippen LogP contribution in [0.25, 0.3) is 11.0 Å². The summed E-state index contributed by atoms with van der Waals surface area (Å²) in [7, 11) is 1.58. The van der Waals surface area contributed by atoms with Crippen LogP contribution >= 0.6 is 0 Å². The topological polar surface area (TPSA) is 113 Å². The van der Waals surface area contributed by atoms with Crippen LogP contribution in [0.1, 0.15) is 32.8 Å². The van der Waals surface area contributed by atoms with E-state index in [0.717, 1.165) is 16.6 Å². The number of nitrogens with zero attached hydrogens (tertiary/aromatic N) is 4. The molecule has 0 aliphatic carbocycles. The summed E-state index contributed by atoms with van der Waals surface area (Å²) in [6.45, 7) is 8.14. The molecule has 1 aromatic carbocycles. The van der Waals surface area contributed by atoms with Crippen LogP contribution in [0, 0.1) is 0 Å². The molecule has 2 aliphatic heterocycles. The molecule has 0 spiro atoms. The number of pyridine rings is 2. The molecule has 218 valence electrons. The molecule has 1 fully saturated rings. The summed E-state index contributed by atoms with van der Waals surface area (Å²) in [6.07, 6.45) is 2.21. The number of aromatic nitrogens is 2. The van der Waals surface area contributed by atoms with Gasteiger partial charge in [0.05, 0.1) is 36.9 Å². The molecule has 11 nitrogen and oxygen atoms in total. The number of anilines is 1. The summed E-state index contributed by atoms with van der Waals surface area (Å²) in [5.74, 6) is 1.49. The normalized spacial score (nSPS) is 16.7. The molecular formula is C30H36N4O7. The van der Waals surface area contributed by atoms with E-state index in [1.54, 1.807) is 36.4 Å². The SMILES string of the molecule is COc1ccc2nccc(CCN(CC[C@@H]3CN(c4ccc5c(c4)OCCO5)C(=O)O3)CC(=O)OC(C)(C)C)c2n1. The van der Waals surface area contributed by atoms with Crippen molar-refractivity contribution in [3.8, 4) is 17.4 Å². The van der Waals surface area contributed by atoms with Crippen LogP contribution in [-0.4, -0.2) is 85.1 Å². The molecule has 1 atom stereocenters. The molecule has 0 bridgehead atoms. The van der Waals surface area contributed by atoms with Gasteiger partial charge in [0, 0.05) is 31.4 Å². The highest BCUT2D eigenvalue weighted by molar-refractivity contribution is 5.90. The van der Waals surface area contributed by atoms with Gasteiger partial charge in [-0.3, -0.25) is 19.6 Å². The lowest BCUT2D eigenvalue weighted by molar-refractivity contribution is -0.156. The summed E-state index contributed by atoms with van der Waals surface area (Å²) >= 11 is 0. The number of rotatable bonds is 10. The molecule has 0 radical (unpaired) electrons. The van der Waals surface area contributed by atoms with Crippen molar-refractivity contribution >= 4 is 28.8 Å². The van der Waals surface area contributed by atoms with Gasteiger partial charge in [-0.2, -0.15) is 0 Å². The summed E-state index contributed by atoms with van der Waals surface area (Å²) < 4.78 is 27.9. The van der Waals surface area contributed by atoms with Gasteiger partial charge < -0.3 is 23.7 Å². The van der Waals surface area contributed by atoms with Gasteiger partial charge in [-0.1, -0.05) is 0 Å². The van der Waals surface area contributed by atoms with Gasteiger partial charge in [0.15, 0.2) is 11.5 Å². The van der Waals surface area contributed by atoms with E-state index in [2.05, 4.69) is 9.97 Å². The van der Waals surface area contributed by atoms with Crippen molar-refractivity contribution in [1.82, 2.24) is 14.9 Å². The first-order valence-electron chi connectivity index (χ1n) is 13.8. The first-order valence-corrected chi connectivity index (χ1v) is 13.8. The number of carbonyl (C=O) groups is 2. The second-order valence-electron chi connectivity index (χ2n) is 11.0. The van der Waals surface area contributed by atoms with Crippen LogP contribution in [-0.2, 0) is 20.7 Å². The quantitative estimate of drug-likeness (QED) is 0.335. The molecule has 3 aromatic rings. The van der Waals surface area contributed by atoms with E-state index in [9.17, 15) is 9.59 Å². The first-order chi connectivity index (χ1) is 19.7. The van der Waals surface area contributed by atoms with Crippen molar-refractivity contribution in [3.05, 3.63) is 48.2 Å². The smallest absolute Gasteiger partial charge is 0.414 e. The Balaban J connectivity index is 1.25. The third kappa shape index (κ3) is 7.15. The molecule has 0 unspecified atom stereocenters. The molecule has 0 saturated carbocycles. The Hall–Kier alpha value is -4.12. The van der Waals surface area contributed by atoms with E-state index in [4.69, 9.17) is 23.7 Å². The standard InChI is InChI=1S/C30H36N4O7/c1-30(2,3)41-27(35)19-33(13-10-20-9-12-31-23-6-8-26(37-4)32-28(20)23)14-11-22-18-34(29(36)40-22)21-5-7-24-25(17-21)39-16-15-38-24/h5-9,12,17,22H,10-11,13-16,18-19H2,1-4H3/t22-/m1/s1. The Kier molecular flexibility index (Phi) is 8.44. The molecule has 41 heavy (non-hydrogen) atoms. The molecule has 4 heterocycles. The van der Waals surface area contributed by atoms with Gasteiger partial charge in [-0.05, 0) is 63.4 Å². The minimum absolute atomic E-state index is 0.115. The highest BCUT2D eigenvalue weighted by Crippen LogP contribution is 2.35. The van der Waals surface area contributed by atoms with E-state index >= 15 is 0 Å². The maximum Gasteiger partial charge on any atom is 0.414 e. The van der Waals surface area contributed by atoms with Crippen molar-refractivity contribution in [2.45, 2.75) is 45.3 Å². The molecular weight excluding hydrogens is 528 g/mol. The molecule has 1 saturated heterocycles. The fraction of sp³-hybridized carbons (Fsp3) is 0.467. The van der Waals surface area contributed by atoms with Crippen LogP contribution < -0.4 is 19.1 Å². The Bertz CT molecular complexity index is 1410. The number of fused-ring (bicyclic) bond motifs is 2. The number of hydrogen-bond donors (Lipinski definition) is 0. The fourth-order valence-electron chi connectivity index (χ4n) is 4.89. The zero-order valence-electron chi connectivity index (χ0n) is 23.9. The number of cyclic esters (lactones) is 1. The lowest BCUT2D eigenvalue weighted by Crippen LogP contribution is -2.38. The van der Waals surface area contributed by atoms with E-state index in [1.165, 1.54) is 0 Å². The van der Waals surface area contributed by atoms with Gasteiger partial charge in [0.1, 0.15) is 24.9 Å². The highest BCUT2D eigenvalue weighted by Gasteiger charge is 2.33. The monoisotopic (exact) mass is 564 g/mol. The number of esters is 1. The predicted molar refractivity (Wildman–Crippen MR) is 152 cm³/mol. The Morgan fingerprint density at radius 3 is 2.68 bits per heavy atom. The van der Waals surface area contributed by atoms with E-state index in [1.807, 2.05) is 43.9 Å². The van der Waals surface area contributed by atoms with Crippen LogP contribution in [0.15, 0.2) is 42.6 Å². The number of carbonyl (C=O) groups excluding carboxylic acids is 2. The Labute approximate surface area is 239 Å². The molecule has 2 aromatic heterocycles. The minimum atomic E-state index is -0.588. The summed E-state index contributed by atoms with van der Waals surface area (Å²) in [5.41, 5.74) is 2.65. The minimum Gasteiger partial charge on any atom is -0.486 e. The van der Waals surface area contributed by atoms with E-state index < -0.39 is 11.7 Å². The van der Waals surface area contributed by atoms with E-state index in [-0.39, 0.29) is 18.6 Å². The summed E-state index contributed by atoms with van der Waals surface area (Å²) in [6, 6.07) is 11.0. The van der Waals surface area contributed by atoms with Crippen LogP contribution in [0.5, 0.6) is 17.4 Å². The van der Waals surface area contributed by atoms with Crippen LogP contribution in [0.2, 0.25) is 0 Å². The lowest BCUT2D eigenvalue weighted by Gasteiger charge is -2.26. The third-order valence-corrected chi connectivity index (χ3v) is 6.80. The average Bonchev–Trinajstić information content (AvgIpc) is 3.33. The van der Waals surface area contributed by atoms with Crippen molar-refractivity contribution in [1.29, 1.82) is 0 Å². The maximum absolute atomic E-state index is 12.8. The summed E-state index contributed by atoms with van der Waals surface area (Å²) in [4.78, 5) is 38.1. The van der Waals surface area contributed by atoms with Crippen LogP contribution in [0.3, 0.4) is 0 Å². The maximum atomic E-state index is 12.8. The first kappa shape index (κ1) is 28.4. The Morgan fingerprint density at radius 2 is 1.90 bits per heavy atom. The van der Waals surface area contributed by atoms with Crippen molar-refractivity contribution in [2.24, 2.45) is 0 Å². The van der Waals surface area contributed by atoms with E-state index in [0.29, 0.717) is 68.8 Å². The highest BCUT2D eigenvalue weighted by atomic mass is 16.6. The third-order valence-electron chi connectivity index (χ3n) is 6.80. The van der Waals surface area contributed by atoms with Gasteiger partial charge in [0.25, 0.3) is 0 Å². The second kappa shape index (κ2) is 12.2. The lowest BCUT2D eigenvalue weighted by atomic mass is 10.1. The van der Waals surface area contributed by atoms with Crippen molar-refractivity contribution in [2.75, 3.05) is 51.4 Å². The molecule has 1 amide bonds. The van der Waals surface area contributed by atoms with Gasteiger partial charge in [-0.15, -0.1) is 0 Å². The summed E-state index contributed by atoms with van der Waals surface area (Å²) in [5, 5.41) is 0. The molecule has 2 aliphatic rings.